The fraction of sp³-hybridized carbons (Fsp3) is 0.185. The van der Waals surface area contributed by atoms with Gasteiger partial charge in [0.2, 0.25) is 0 Å². The minimum atomic E-state index is -0.126. The predicted octanol–water partition coefficient (Wildman–Crippen LogP) is 6.59. The first kappa shape index (κ1) is 20.6. The second kappa shape index (κ2) is 8.60. The van der Waals surface area contributed by atoms with E-state index in [0.717, 1.165) is 44.7 Å². The Kier molecular flexibility index (Phi) is 5.72. The SMILES string of the molecule is COc1ccc(-c2nc3ccccc3c(C(=O)Nc3ccccc3C(C)C)c2C)cc1. The minimum Gasteiger partial charge on any atom is -0.497 e. The number of benzene rings is 3. The Morgan fingerprint density at radius 1 is 0.935 bits per heavy atom. The highest BCUT2D eigenvalue weighted by Crippen LogP contribution is 2.32. The lowest BCUT2D eigenvalue weighted by Crippen LogP contribution is -2.16. The summed E-state index contributed by atoms with van der Waals surface area (Å²) in [5.41, 5.74) is 5.99. The Bertz CT molecular complexity index is 1240. The number of fused-ring (bicyclic) bond motifs is 1. The van der Waals surface area contributed by atoms with Crippen molar-refractivity contribution in [1.82, 2.24) is 4.98 Å². The highest BCUT2D eigenvalue weighted by molar-refractivity contribution is 6.14. The molecule has 0 unspecified atom stereocenters. The zero-order chi connectivity index (χ0) is 22.0. The molecular formula is C27H26N2O2. The average molecular weight is 411 g/mol. The topological polar surface area (TPSA) is 51.2 Å². The molecule has 0 aliphatic heterocycles. The number of aromatic nitrogens is 1. The first-order chi connectivity index (χ1) is 15.0. The van der Waals surface area contributed by atoms with Crippen LogP contribution in [-0.2, 0) is 0 Å². The van der Waals surface area contributed by atoms with Crippen LogP contribution in [0, 0.1) is 6.92 Å². The van der Waals surface area contributed by atoms with Crippen molar-refractivity contribution in [2.24, 2.45) is 0 Å². The van der Waals surface area contributed by atoms with Crippen molar-refractivity contribution in [2.45, 2.75) is 26.7 Å². The first-order valence-electron chi connectivity index (χ1n) is 10.4. The summed E-state index contributed by atoms with van der Waals surface area (Å²) >= 11 is 0. The molecule has 4 rings (SSSR count). The minimum absolute atomic E-state index is 0.126. The van der Waals surface area contributed by atoms with Gasteiger partial charge in [-0.2, -0.15) is 0 Å². The van der Waals surface area contributed by atoms with Crippen molar-refractivity contribution in [2.75, 3.05) is 12.4 Å². The molecule has 0 saturated heterocycles. The smallest absolute Gasteiger partial charge is 0.256 e. The molecule has 1 amide bonds. The highest BCUT2D eigenvalue weighted by Gasteiger charge is 2.20. The summed E-state index contributed by atoms with van der Waals surface area (Å²) in [6, 6.07) is 23.5. The average Bonchev–Trinajstić information content (AvgIpc) is 2.79. The van der Waals surface area contributed by atoms with Crippen LogP contribution in [0.15, 0.2) is 72.8 Å². The summed E-state index contributed by atoms with van der Waals surface area (Å²) in [6.45, 7) is 6.21. The molecular weight excluding hydrogens is 384 g/mol. The molecule has 4 heteroatoms. The summed E-state index contributed by atoms with van der Waals surface area (Å²) in [5.74, 6) is 0.964. The molecule has 1 N–H and O–H groups in total. The maximum atomic E-state index is 13.5. The molecule has 1 heterocycles. The third-order valence-electron chi connectivity index (χ3n) is 5.56. The van der Waals surface area contributed by atoms with Gasteiger partial charge in [0.25, 0.3) is 5.91 Å². The quantitative estimate of drug-likeness (QED) is 0.403. The van der Waals surface area contributed by atoms with Gasteiger partial charge < -0.3 is 10.1 Å². The summed E-state index contributed by atoms with van der Waals surface area (Å²) in [4.78, 5) is 18.4. The van der Waals surface area contributed by atoms with E-state index in [1.807, 2.05) is 73.7 Å². The zero-order valence-corrected chi connectivity index (χ0v) is 18.3. The van der Waals surface area contributed by atoms with E-state index >= 15 is 0 Å². The Hall–Kier alpha value is -3.66. The molecule has 4 aromatic rings. The summed E-state index contributed by atoms with van der Waals surface area (Å²) < 4.78 is 5.28. The van der Waals surface area contributed by atoms with Crippen molar-refractivity contribution in [3.8, 4) is 17.0 Å². The monoisotopic (exact) mass is 410 g/mol. The van der Waals surface area contributed by atoms with Gasteiger partial charge in [0.1, 0.15) is 5.75 Å². The van der Waals surface area contributed by atoms with Gasteiger partial charge >= 0.3 is 0 Å². The number of amides is 1. The molecule has 1 aromatic heterocycles. The molecule has 0 fully saturated rings. The largest absolute Gasteiger partial charge is 0.497 e. The second-order valence-electron chi connectivity index (χ2n) is 7.90. The van der Waals surface area contributed by atoms with Crippen molar-refractivity contribution in [3.63, 3.8) is 0 Å². The molecule has 3 aromatic carbocycles. The van der Waals surface area contributed by atoms with Gasteiger partial charge in [-0.1, -0.05) is 50.2 Å². The lowest BCUT2D eigenvalue weighted by molar-refractivity contribution is 0.102. The van der Waals surface area contributed by atoms with Crippen LogP contribution in [0.1, 0.15) is 41.3 Å². The number of nitrogens with zero attached hydrogens (tertiary/aromatic N) is 1. The maximum absolute atomic E-state index is 13.5. The molecule has 0 radical (unpaired) electrons. The molecule has 0 spiro atoms. The van der Waals surface area contributed by atoms with Gasteiger partial charge in [0.15, 0.2) is 0 Å². The molecule has 31 heavy (non-hydrogen) atoms. The number of methoxy groups -OCH3 is 1. The summed E-state index contributed by atoms with van der Waals surface area (Å²) in [7, 11) is 1.64. The lowest BCUT2D eigenvalue weighted by Gasteiger charge is -2.17. The van der Waals surface area contributed by atoms with Crippen LogP contribution >= 0.6 is 0 Å². The third kappa shape index (κ3) is 4.02. The number of carbonyl (C=O) groups excluding carboxylic acids is 1. The van der Waals surface area contributed by atoms with Gasteiger partial charge in [-0.05, 0) is 60.4 Å². The summed E-state index contributed by atoms with van der Waals surface area (Å²) in [6.07, 6.45) is 0. The Morgan fingerprint density at radius 3 is 2.32 bits per heavy atom. The first-order valence-corrected chi connectivity index (χ1v) is 10.4. The molecule has 0 saturated carbocycles. The van der Waals surface area contributed by atoms with Crippen LogP contribution < -0.4 is 10.1 Å². The number of hydrogen-bond donors (Lipinski definition) is 1. The van der Waals surface area contributed by atoms with Crippen LogP contribution in [0.25, 0.3) is 22.2 Å². The molecule has 0 bridgehead atoms. The predicted molar refractivity (Wildman–Crippen MR) is 127 cm³/mol. The molecule has 0 aliphatic carbocycles. The third-order valence-corrected chi connectivity index (χ3v) is 5.56. The van der Waals surface area contributed by atoms with Gasteiger partial charge in [0.05, 0.1) is 23.9 Å². The van der Waals surface area contributed by atoms with E-state index in [1.165, 1.54) is 0 Å². The van der Waals surface area contributed by atoms with Crippen molar-refractivity contribution in [1.29, 1.82) is 0 Å². The fourth-order valence-corrected chi connectivity index (χ4v) is 3.93. The molecule has 0 aliphatic rings. The van der Waals surface area contributed by atoms with E-state index in [9.17, 15) is 4.79 Å². The van der Waals surface area contributed by atoms with E-state index in [-0.39, 0.29) is 5.91 Å². The van der Waals surface area contributed by atoms with Crippen molar-refractivity contribution in [3.05, 3.63) is 89.5 Å². The van der Waals surface area contributed by atoms with Crippen LogP contribution in [0.4, 0.5) is 5.69 Å². The number of rotatable bonds is 5. The lowest BCUT2D eigenvalue weighted by atomic mass is 9.96. The number of anilines is 1. The summed E-state index contributed by atoms with van der Waals surface area (Å²) in [5, 5.41) is 4.00. The van der Waals surface area contributed by atoms with E-state index in [0.29, 0.717) is 11.5 Å². The number of hydrogen-bond acceptors (Lipinski definition) is 3. The van der Waals surface area contributed by atoms with Crippen molar-refractivity contribution < 1.29 is 9.53 Å². The molecule has 0 atom stereocenters. The fourth-order valence-electron chi connectivity index (χ4n) is 3.93. The standard InChI is InChI=1S/C27H26N2O2/c1-17(2)21-9-5-7-11-23(21)29-27(30)25-18(3)26(19-13-15-20(31-4)16-14-19)28-24-12-8-6-10-22(24)25/h5-17H,1-4H3,(H,29,30). The van der Waals surface area contributed by atoms with Crippen LogP contribution in [0.3, 0.4) is 0 Å². The number of pyridine rings is 1. The second-order valence-corrected chi connectivity index (χ2v) is 7.90. The normalized spacial score (nSPS) is 11.0. The van der Waals surface area contributed by atoms with E-state index < -0.39 is 0 Å². The molecule has 4 nitrogen and oxygen atoms in total. The maximum Gasteiger partial charge on any atom is 0.256 e. The Morgan fingerprint density at radius 2 is 1.61 bits per heavy atom. The van der Waals surface area contributed by atoms with Gasteiger partial charge in [0, 0.05) is 16.6 Å². The highest BCUT2D eigenvalue weighted by atomic mass is 16.5. The van der Waals surface area contributed by atoms with Crippen LogP contribution in [0.5, 0.6) is 5.75 Å². The van der Waals surface area contributed by atoms with Gasteiger partial charge in [-0.15, -0.1) is 0 Å². The number of carbonyl (C=O) groups is 1. The number of nitrogens with one attached hydrogen (secondary N) is 1. The Labute approximate surface area is 182 Å². The molecule has 156 valence electrons. The zero-order valence-electron chi connectivity index (χ0n) is 18.3. The van der Waals surface area contributed by atoms with Crippen LogP contribution in [0.2, 0.25) is 0 Å². The van der Waals surface area contributed by atoms with E-state index in [4.69, 9.17) is 9.72 Å². The Balaban J connectivity index is 1.85. The number of ether oxygens (including phenoxy) is 1. The van der Waals surface area contributed by atoms with Crippen LogP contribution in [-0.4, -0.2) is 18.0 Å². The number of para-hydroxylation sites is 2. The van der Waals surface area contributed by atoms with Gasteiger partial charge in [-0.3, -0.25) is 4.79 Å². The van der Waals surface area contributed by atoms with Crippen molar-refractivity contribution >= 4 is 22.5 Å². The van der Waals surface area contributed by atoms with E-state index in [2.05, 4.69) is 25.2 Å². The van der Waals surface area contributed by atoms with E-state index in [1.54, 1.807) is 7.11 Å². The van der Waals surface area contributed by atoms with Gasteiger partial charge in [-0.25, -0.2) is 4.98 Å².